The summed E-state index contributed by atoms with van der Waals surface area (Å²) in [5, 5.41) is 0.517. The van der Waals surface area contributed by atoms with Gasteiger partial charge in [0.1, 0.15) is 12.6 Å². The molecule has 5 heteroatoms. The summed E-state index contributed by atoms with van der Waals surface area (Å²) in [5.41, 5.74) is 1.51. The van der Waals surface area contributed by atoms with Gasteiger partial charge in [-0.25, -0.2) is 0 Å². The van der Waals surface area contributed by atoms with Gasteiger partial charge in [0.05, 0.1) is 10.7 Å². The second-order valence-electron chi connectivity index (χ2n) is 5.26. The first kappa shape index (κ1) is 16.3. The molecule has 1 amide bonds. The summed E-state index contributed by atoms with van der Waals surface area (Å²) in [4.78, 5) is 13.5. The van der Waals surface area contributed by atoms with Crippen LogP contribution in [0.5, 0.6) is 0 Å². The molecule has 0 aromatic heterocycles. The highest BCUT2D eigenvalue weighted by atomic mass is 35.5. The molecule has 19 heavy (non-hydrogen) atoms. The van der Waals surface area contributed by atoms with Crippen molar-refractivity contribution in [2.24, 2.45) is 0 Å². The Balaban J connectivity index is 3.40. The van der Waals surface area contributed by atoms with Crippen LogP contribution in [0, 0.1) is 0 Å². The van der Waals surface area contributed by atoms with Crippen LogP contribution in [0.2, 0.25) is 5.02 Å². The number of hydrogen-bond acceptors (Lipinski definition) is 2. The van der Waals surface area contributed by atoms with Gasteiger partial charge in [-0.1, -0.05) is 44.5 Å². The SMILES string of the molecule is COCN(C(=O)CCl)c1c(Cl)cccc1C(C)(C)C. The molecule has 0 fully saturated rings. The van der Waals surface area contributed by atoms with Gasteiger partial charge >= 0.3 is 0 Å². The minimum Gasteiger partial charge on any atom is -0.364 e. The van der Waals surface area contributed by atoms with Gasteiger partial charge in [0.2, 0.25) is 5.91 Å². The Bertz CT molecular complexity index is 455. The maximum Gasteiger partial charge on any atom is 0.243 e. The van der Waals surface area contributed by atoms with Crippen molar-refractivity contribution in [1.82, 2.24) is 0 Å². The number of ether oxygens (including phenoxy) is 1. The van der Waals surface area contributed by atoms with Crippen molar-refractivity contribution in [3.05, 3.63) is 28.8 Å². The molecule has 0 spiro atoms. The van der Waals surface area contributed by atoms with Crippen LogP contribution in [-0.4, -0.2) is 25.6 Å². The van der Waals surface area contributed by atoms with Crippen LogP contribution in [0.15, 0.2) is 18.2 Å². The molecule has 0 N–H and O–H groups in total. The highest BCUT2D eigenvalue weighted by molar-refractivity contribution is 6.35. The minimum absolute atomic E-state index is 0.113. The number of amides is 1. The lowest BCUT2D eigenvalue weighted by Gasteiger charge is -2.30. The van der Waals surface area contributed by atoms with E-state index in [0.29, 0.717) is 10.7 Å². The van der Waals surface area contributed by atoms with Crippen molar-refractivity contribution in [1.29, 1.82) is 0 Å². The zero-order valence-electron chi connectivity index (χ0n) is 11.7. The third kappa shape index (κ3) is 3.85. The van der Waals surface area contributed by atoms with E-state index < -0.39 is 0 Å². The van der Waals surface area contributed by atoms with Gasteiger partial charge in [0, 0.05) is 7.11 Å². The normalized spacial score (nSPS) is 11.5. The van der Waals surface area contributed by atoms with E-state index in [1.54, 1.807) is 6.07 Å². The molecule has 1 aromatic carbocycles. The Hall–Kier alpha value is -0.770. The molecule has 0 unspecified atom stereocenters. The molecule has 0 atom stereocenters. The highest BCUT2D eigenvalue weighted by Crippen LogP contribution is 2.37. The maximum absolute atomic E-state index is 12.0. The lowest BCUT2D eigenvalue weighted by Crippen LogP contribution is -2.35. The first-order valence-corrected chi connectivity index (χ1v) is 6.88. The van der Waals surface area contributed by atoms with Crippen LogP contribution in [0.1, 0.15) is 26.3 Å². The molecule has 106 valence electrons. The summed E-state index contributed by atoms with van der Waals surface area (Å²) in [7, 11) is 1.53. The molecule has 0 saturated carbocycles. The smallest absolute Gasteiger partial charge is 0.243 e. The third-order valence-electron chi connectivity index (χ3n) is 2.74. The maximum atomic E-state index is 12.0. The van der Waals surface area contributed by atoms with Crippen molar-refractivity contribution in [3.8, 4) is 0 Å². The molecule has 1 aromatic rings. The average Bonchev–Trinajstić information content (AvgIpc) is 2.34. The van der Waals surface area contributed by atoms with Crippen molar-refractivity contribution in [3.63, 3.8) is 0 Å². The summed E-state index contributed by atoms with van der Waals surface area (Å²) in [5.74, 6) is -0.347. The molecule has 0 aliphatic heterocycles. The van der Waals surface area contributed by atoms with Crippen LogP contribution >= 0.6 is 23.2 Å². The molecule has 1 rings (SSSR count). The van der Waals surface area contributed by atoms with Gasteiger partial charge in [0.25, 0.3) is 0 Å². The number of anilines is 1. The fourth-order valence-electron chi connectivity index (χ4n) is 1.86. The quantitative estimate of drug-likeness (QED) is 0.625. The monoisotopic (exact) mass is 303 g/mol. The van der Waals surface area contributed by atoms with E-state index in [-0.39, 0.29) is 23.9 Å². The Morgan fingerprint density at radius 3 is 2.47 bits per heavy atom. The van der Waals surface area contributed by atoms with E-state index in [1.165, 1.54) is 12.0 Å². The summed E-state index contributed by atoms with van der Waals surface area (Å²) < 4.78 is 5.09. The average molecular weight is 304 g/mol. The highest BCUT2D eigenvalue weighted by Gasteiger charge is 2.26. The summed E-state index contributed by atoms with van der Waals surface area (Å²) in [6, 6.07) is 5.60. The Morgan fingerprint density at radius 2 is 2.00 bits per heavy atom. The fourth-order valence-corrected chi connectivity index (χ4v) is 2.28. The molecule has 3 nitrogen and oxygen atoms in total. The van der Waals surface area contributed by atoms with Crippen molar-refractivity contribution >= 4 is 34.8 Å². The molecule has 0 bridgehead atoms. The van der Waals surface area contributed by atoms with E-state index >= 15 is 0 Å². The van der Waals surface area contributed by atoms with Gasteiger partial charge in [-0.3, -0.25) is 9.69 Å². The first-order valence-electron chi connectivity index (χ1n) is 5.97. The van der Waals surface area contributed by atoms with Crippen LogP contribution in [0.3, 0.4) is 0 Å². The van der Waals surface area contributed by atoms with E-state index in [2.05, 4.69) is 20.8 Å². The molecule has 0 heterocycles. The standard InChI is InChI=1S/C14H19Cl2NO2/c1-14(2,3)10-6-5-7-11(16)13(10)17(9-19-4)12(18)8-15/h5-7H,8-9H2,1-4H3. The van der Waals surface area contributed by atoms with Gasteiger partial charge in [-0.05, 0) is 17.0 Å². The Morgan fingerprint density at radius 1 is 1.37 bits per heavy atom. The fraction of sp³-hybridized carbons (Fsp3) is 0.500. The first-order chi connectivity index (χ1) is 8.82. The number of methoxy groups -OCH3 is 1. The molecular formula is C14H19Cl2NO2. The second kappa shape index (κ2) is 6.60. The second-order valence-corrected chi connectivity index (χ2v) is 5.93. The van der Waals surface area contributed by atoms with Gasteiger partial charge in [-0.2, -0.15) is 0 Å². The predicted molar refractivity (Wildman–Crippen MR) is 80.2 cm³/mol. The number of carbonyl (C=O) groups is 1. The van der Waals surface area contributed by atoms with Gasteiger partial charge in [-0.15, -0.1) is 11.6 Å². The zero-order valence-corrected chi connectivity index (χ0v) is 13.2. The Kier molecular flexibility index (Phi) is 5.65. The number of rotatable bonds is 4. The third-order valence-corrected chi connectivity index (χ3v) is 3.27. The van der Waals surface area contributed by atoms with Crippen molar-refractivity contribution in [2.75, 3.05) is 24.6 Å². The topological polar surface area (TPSA) is 29.5 Å². The molecule has 0 aliphatic rings. The van der Waals surface area contributed by atoms with E-state index in [0.717, 1.165) is 5.56 Å². The van der Waals surface area contributed by atoms with E-state index in [1.807, 2.05) is 12.1 Å². The Labute approximate surface area is 124 Å². The predicted octanol–water partition coefficient (Wildman–Crippen LogP) is 3.81. The zero-order chi connectivity index (χ0) is 14.6. The van der Waals surface area contributed by atoms with Crippen LogP contribution in [0.25, 0.3) is 0 Å². The number of carbonyl (C=O) groups excluding carboxylic acids is 1. The number of para-hydroxylation sites is 1. The van der Waals surface area contributed by atoms with Crippen molar-refractivity contribution < 1.29 is 9.53 Å². The summed E-state index contributed by atoms with van der Waals surface area (Å²) >= 11 is 11.9. The molecule has 0 saturated heterocycles. The molecule has 0 aliphatic carbocycles. The van der Waals surface area contributed by atoms with Gasteiger partial charge < -0.3 is 4.74 Å². The van der Waals surface area contributed by atoms with Gasteiger partial charge in [0.15, 0.2) is 0 Å². The number of benzene rings is 1. The number of hydrogen-bond donors (Lipinski definition) is 0. The lowest BCUT2D eigenvalue weighted by molar-refractivity contribution is -0.117. The number of nitrogens with zero attached hydrogens (tertiary/aromatic N) is 1. The summed E-state index contributed by atoms with van der Waals surface area (Å²) in [6.07, 6.45) is 0. The lowest BCUT2D eigenvalue weighted by atomic mass is 9.85. The summed E-state index contributed by atoms with van der Waals surface area (Å²) in [6.45, 7) is 6.33. The largest absolute Gasteiger partial charge is 0.364 e. The van der Waals surface area contributed by atoms with Crippen LogP contribution in [-0.2, 0) is 14.9 Å². The van der Waals surface area contributed by atoms with E-state index in [4.69, 9.17) is 27.9 Å². The molecule has 0 radical (unpaired) electrons. The van der Waals surface area contributed by atoms with Crippen LogP contribution < -0.4 is 4.90 Å². The minimum atomic E-state index is -0.234. The number of alkyl halides is 1. The van der Waals surface area contributed by atoms with Crippen molar-refractivity contribution in [2.45, 2.75) is 26.2 Å². The molecular weight excluding hydrogens is 285 g/mol. The van der Waals surface area contributed by atoms with Crippen LogP contribution in [0.4, 0.5) is 5.69 Å². The van der Waals surface area contributed by atoms with E-state index in [9.17, 15) is 4.79 Å². The number of halogens is 2.